The molecular formula is C15H16N2O2. The fourth-order valence-corrected chi connectivity index (χ4v) is 2.54. The Morgan fingerprint density at radius 2 is 2.11 bits per heavy atom. The highest BCUT2D eigenvalue weighted by Crippen LogP contribution is 2.32. The molecule has 1 unspecified atom stereocenters. The molecule has 1 aromatic carbocycles. The summed E-state index contributed by atoms with van der Waals surface area (Å²) in [5.74, 6) is 0.261. The average molecular weight is 256 g/mol. The lowest BCUT2D eigenvalue weighted by Gasteiger charge is -2.22. The molecule has 0 spiro atoms. The van der Waals surface area contributed by atoms with E-state index in [4.69, 9.17) is 10.2 Å². The highest BCUT2D eigenvalue weighted by atomic mass is 16.3. The summed E-state index contributed by atoms with van der Waals surface area (Å²) in [7, 11) is 0. The second-order valence-electron chi connectivity index (χ2n) is 4.74. The van der Waals surface area contributed by atoms with E-state index in [2.05, 4.69) is 0 Å². The molecule has 98 valence electrons. The second-order valence-corrected chi connectivity index (χ2v) is 4.74. The third kappa shape index (κ3) is 2.15. The molecule has 1 aliphatic rings. The molecule has 1 amide bonds. The lowest BCUT2D eigenvalue weighted by atomic mass is 10.0. The van der Waals surface area contributed by atoms with E-state index in [1.165, 1.54) is 6.26 Å². The maximum absolute atomic E-state index is 12.5. The molecular weight excluding hydrogens is 240 g/mol. The Hall–Kier alpha value is -2.07. The van der Waals surface area contributed by atoms with Gasteiger partial charge in [0.25, 0.3) is 5.91 Å². The minimum absolute atomic E-state index is 0.00870. The number of fused-ring (bicyclic) bond motifs is 1. The molecule has 0 aliphatic carbocycles. The highest BCUT2D eigenvalue weighted by molar-refractivity contribution is 6.04. The predicted octanol–water partition coefficient (Wildman–Crippen LogP) is 2.72. The molecule has 0 saturated carbocycles. The van der Waals surface area contributed by atoms with Crippen molar-refractivity contribution in [1.29, 1.82) is 0 Å². The van der Waals surface area contributed by atoms with Gasteiger partial charge in [-0.2, -0.15) is 0 Å². The van der Waals surface area contributed by atoms with Crippen LogP contribution in [0.4, 0.5) is 5.69 Å². The lowest BCUT2D eigenvalue weighted by Crippen LogP contribution is -2.31. The molecule has 0 fully saturated rings. The van der Waals surface area contributed by atoms with Crippen LogP contribution in [0.2, 0.25) is 0 Å². The fraction of sp³-hybridized carbons (Fsp3) is 0.267. The van der Waals surface area contributed by atoms with Crippen molar-refractivity contribution in [1.82, 2.24) is 0 Å². The van der Waals surface area contributed by atoms with Gasteiger partial charge in [-0.15, -0.1) is 0 Å². The zero-order chi connectivity index (χ0) is 13.2. The zero-order valence-corrected chi connectivity index (χ0v) is 10.6. The Morgan fingerprint density at radius 1 is 1.26 bits per heavy atom. The van der Waals surface area contributed by atoms with Gasteiger partial charge < -0.3 is 15.1 Å². The average Bonchev–Trinajstić information content (AvgIpc) is 2.91. The molecule has 1 atom stereocenters. The number of nitrogens with two attached hydrogens (primary N) is 1. The summed E-state index contributed by atoms with van der Waals surface area (Å²) < 4.78 is 5.21. The van der Waals surface area contributed by atoms with Gasteiger partial charge in [0.15, 0.2) is 5.76 Å². The molecule has 4 nitrogen and oxygen atoms in total. The van der Waals surface area contributed by atoms with Crippen molar-refractivity contribution in [3.63, 3.8) is 0 Å². The Bertz CT molecular complexity index is 578. The number of hydrogen-bond donors (Lipinski definition) is 1. The molecule has 2 heterocycles. The smallest absolute Gasteiger partial charge is 0.293 e. The highest BCUT2D eigenvalue weighted by Gasteiger charge is 2.26. The van der Waals surface area contributed by atoms with Gasteiger partial charge in [0.2, 0.25) is 0 Å². The fourth-order valence-electron chi connectivity index (χ4n) is 2.54. The van der Waals surface area contributed by atoms with Crippen molar-refractivity contribution in [2.75, 3.05) is 11.4 Å². The zero-order valence-electron chi connectivity index (χ0n) is 10.6. The maximum atomic E-state index is 12.5. The number of benzene rings is 1. The first-order valence-corrected chi connectivity index (χ1v) is 6.47. The summed E-state index contributed by atoms with van der Waals surface area (Å²) in [5.41, 5.74) is 8.09. The number of para-hydroxylation sites is 1. The van der Waals surface area contributed by atoms with Gasteiger partial charge in [0.05, 0.1) is 6.26 Å². The molecule has 2 aromatic rings. The molecule has 1 aliphatic heterocycles. The number of carbonyl (C=O) groups is 1. The SMILES string of the molecule is NC1CCCN(C(=O)c2ccco2)c2ccccc21. The Kier molecular flexibility index (Phi) is 3.09. The van der Waals surface area contributed by atoms with E-state index < -0.39 is 0 Å². The molecule has 0 saturated heterocycles. The van der Waals surface area contributed by atoms with Crippen LogP contribution in [0.5, 0.6) is 0 Å². The molecule has 2 N–H and O–H groups in total. The summed E-state index contributed by atoms with van der Waals surface area (Å²) in [5, 5.41) is 0. The van der Waals surface area contributed by atoms with Crippen LogP contribution in [0.1, 0.15) is 35.0 Å². The van der Waals surface area contributed by atoms with E-state index in [1.807, 2.05) is 24.3 Å². The van der Waals surface area contributed by atoms with Gasteiger partial charge in [-0.25, -0.2) is 0 Å². The van der Waals surface area contributed by atoms with E-state index in [0.29, 0.717) is 12.3 Å². The van der Waals surface area contributed by atoms with Gasteiger partial charge in [-0.1, -0.05) is 18.2 Å². The minimum Gasteiger partial charge on any atom is -0.459 e. The summed E-state index contributed by atoms with van der Waals surface area (Å²) in [4.78, 5) is 14.2. The number of anilines is 1. The van der Waals surface area contributed by atoms with Gasteiger partial charge in [-0.05, 0) is 36.6 Å². The van der Waals surface area contributed by atoms with E-state index >= 15 is 0 Å². The monoisotopic (exact) mass is 256 g/mol. The van der Waals surface area contributed by atoms with Crippen molar-refractivity contribution >= 4 is 11.6 Å². The third-order valence-electron chi connectivity index (χ3n) is 3.50. The van der Waals surface area contributed by atoms with E-state index in [9.17, 15) is 4.79 Å². The van der Waals surface area contributed by atoms with Gasteiger partial charge in [-0.3, -0.25) is 4.79 Å². The van der Waals surface area contributed by atoms with Crippen molar-refractivity contribution in [3.05, 3.63) is 54.0 Å². The Morgan fingerprint density at radius 3 is 2.89 bits per heavy atom. The first-order valence-electron chi connectivity index (χ1n) is 6.47. The topological polar surface area (TPSA) is 59.5 Å². The van der Waals surface area contributed by atoms with Gasteiger partial charge in [0.1, 0.15) is 0 Å². The van der Waals surface area contributed by atoms with Crippen LogP contribution in [-0.4, -0.2) is 12.5 Å². The summed E-state index contributed by atoms with van der Waals surface area (Å²) in [6.07, 6.45) is 3.30. The van der Waals surface area contributed by atoms with Gasteiger partial charge >= 0.3 is 0 Å². The molecule has 19 heavy (non-hydrogen) atoms. The van der Waals surface area contributed by atoms with Crippen LogP contribution in [0.15, 0.2) is 47.1 Å². The standard InChI is InChI=1S/C15H16N2O2/c16-12-6-3-9-17(13-7-2-1-5-11(12)13)15(18)14-8-4-10-19-14/h1-2,4-5,7-8,10,12H,3,6,9,16H2. The van der Waals surface area contributed by atoms with E-state index in [0.717, 1.165) is 24.1 Å². The van der Waals surface area contributed by atoms with Crippen LogP contribution < -0.4 is 10.6 Å². The summed E-state index contributed by atoms with van der Waals surface area (Å²) in [6.45, 7) is 0.671. The van der Waals surface area contributed by atoms with Crippen molar-refractivity contribution in [2.24, 2.45) is 5.73 Å². The Labute approximate surface area is 111 Å². The normalized spacial score (nSPS) is 18.8. The van der Waals surface area contributed by atoms with Crippen LogP contribution in [-0.2, 0) is 0 Å². The van der Waals surface area contributed by atoms with E-state index in [-0.39, 0.29) is 11.9 Å². The molecule has 3 rings (SSSR count). The van der Waals surface area contributed by atoms with Crippen LogP contribution in [0, 0.1) is 0 Å². The predicted molar refractivity (Wildman–Crippen MR) is 73.0 cm³/mol. The molecule has 0 bridgehead atoms. The van der Waals surface area contributed by atoms with E-state index in [1.54, 1.807) is 17.0 Å². The number of nitrogens with zero attached hydrogens (tertiary/aromatic N) is 1. The molecule has 1 aromatic heterocycles. The molecule has 0 radical (unpaired) electrons. The minimum atomic E-state index is -0.105. The summed E-state index contributed by atoms with van der Waals surface area (Å²) >= 11 is 0. The Balaban J connectivity index is 2.02. The third-order valence-corrected chi connectivity index (χ3v) is 3.50. The second kappa shape index (κ2) is 4.90. The number of rotatable bonds is 1. The van der Waals surface area contributed by atoms with Crippen LogP contribution in [0.3, 0.4) is 0 Å². The summed E-state index contributed by atoms with van der Waals surface area (Å²) in [6, 6.07) is 11.2. The maximum Gasteiger partial charge on any atom is 0.293 e. The van der Waals surface area contributed by atoms with Crippen molar-refractivity contribution in [2.45, 2.75) is 18.9 Å². The van der Waals surface area contributed by atoms with Crippen molar-refractivity contribution in [3.8, 4) is 0 Å². The van der Waals surface area contributed by atoms with Gasteiger partial charge in [0, 0.05) is 18.3 Å². The quantitative estimate of drug-likeness (QED) is 0.853. The largest absolute Gasteiger partial charge is 0.459 e. The number of furan rings is 1. The number of carbonyl (C=O) groups excluding carboxylic acids is 1. The van der Waals surface area contributed by atoms with Crippen LogP contribution >= 0.6 is 0 Å². The first kappa shape index (κ1) is 12.0. The van der Waals surface area contributed by atoms with Crippen molar-refractivity contribution < 1.29 is 9.21 Å². The lowest BCUT2D eigenvalue weighted by molar-refractivity contribution is 0.0960. The van der Waals surface area contributed by atoms with Crippen LogP contribution in [0.25, 0.3) is 0 Å². The first-order chi connectivity index (χ1) is 9.27. The number of amides is 1. The molecule has 4 heteroatoms. The number of hydrogen-bond acceptors (Lipinski definition) is 3.